The molecule has 0 amide bonds. The van der Waals surface area contributed by atoms with Crippen LogP contribution in [0.5, 0.6) is 11.5 Å². The highest BCUT2D eigenvalue weighted by Crippen LogP contribution is 2.22. The number of rotatable bonds is 4. The van der Waals surface area contributed by atoms with Gasteiger partial charge in [-0.3, -0.25) is 0 Å². The highest BCUT2D eigenvalue weighted by molar-refractivity contribution is 5.39. The summed E-state index contributed by atoms with van der Waals surface area (Å²) in [4.78, 5) is 0. The number of phenolic OH excluding ortho intramolecular Hbond substituents is 1. The molecule has 0 saturated heterocycles. The monoisotopic (exact) mass is 181 g/mol. The molecule has 3 nitrogen and oxygen atoms in total. The van der Waals surface area contributed by atoms with Crippen LogP contribution in [0, 0.1) is 0 Å². The summed E-state index contributed by atoms with van der Waals surface area (Å²) in [5, 5.41) is 12.4. The summed E-state index contributed by atoms with van der Waals surface area (Å²) in [6.45, 7) is 3.22. The van der Waals surface area contributed by atoms with Crippen LogP contribution in [-0.2, 0) is 6.54 Å². The minimum atomic E-state index is 0.304. The maximum Gasteiger partial charge on any atom is 0.120 e. The normalized spacial score (nSPS) is 10.0. The van der Waals surface area contributed by atoms with E-state index in [2.05, 4.69) is 5.32 Å². The van der Waals surface area contributed by atoms with E-state index in [1.54, 1.807) is 12.1 Å². The van der Waals surface area contributed by atoms with Gasteiger partial charge < -0.3 is 15.2 Å². The largest absolute Gasteiger partial charge is 0.508 e. The molecule has 0 saturated carbocycles. The van der Waals surface area contributed by atoms with Crippen molar-refractivity contribution in [2.45, 2.75) is 13.5 Å². The van der Waals surface area contributed by atoms with Gasteiger partial charge in [0.05, 0.1) is 6.61 Å². The van der Waals surface area contributed by atoms with E-state index in [1.807, 2.05) is 20.0 Å². The summed E-state index contributed by atoms with van der Waals surface area (Å²) in [5.74, 6) is 1.10. The molecule has 0 radical (unpaired) electrons. The van der Waals surface area contributed by atoms with Crippen molar-refractivity contribution in [3.05, 3.63) is 23.8 Å². The zero-order valence-electron chi connectivity index (χ0n) is 8.00. The first-order valence-corrected chi connectivity index (χ1v) is 4.37. The molecule has 0 bridgehead atoms. The van der Waals surface area contributed by atoms with Crippen LogP contribution in [0.3, 0.4) is 0 Å². The van der Waals surface area contributed by atoms with Gasteiger partial charge in [0, 0.05) is 12.1 Å². The molecule has 1 aromatic rings. The topological polar surface area (TPSA) is 41.5 Å². The van der Waals surface area contributed by atoms with Crippen LogP contribution >= 0.6 is 0 Å². The highest BCUT2D eigenvalue weighted by atomic mass is 16.5. The van der Waals surface area contributed by atoms with Crippen molar-refractivity contribution in [3.63, 3.8) is 0 Å². The molecule has 13 heavy (non-hydrogen) atoms. The fourth-order valence-corrected chi connectivity index (χ4v) is 1.15. The number of aromatic hydroxyl groups is 1. The lowest BCUT2D eigenvalue weighted by molar-refractivity contribution is 0.338. The lowest BCUT2D eigenvalue weighted by Gasteiger charge is -2.07. The molecule has 0 unspecified atom stereocenters. The first kappa shape index (κ1) is 9.86. The van der Waals surface area contributed by atoms with Crippen LogP contribution in [0.1, 0.15) is 12.5 Å². The first-order chi connectivity index (χ1) is 6.27. The van der Waals surface area contributed by atoms with E-state index in [4.69, 9.17) is 4.74 Å². The SMILES string of the molecule is CCOc1ccc(O)c(CNC)c1. The maximum atomic E-state index is 9.44. The van der Waals surface area contributed by atoms with Crippen molar-refractivity contribution in [2.24, 2.45) is 0 Å². The summed E-state index contributed by atoms with van der Waals surface area (Å²) >= 11 is 0. The predicted octanol–water partition coefficient (Wildman–Crippen LogP) is 1.51. The average Bonchev–Trinajstić information content (AvgIpc) is 2.12. The van der Waals surface area contributed by atoms with Gasteiger partial charge in [0.25, 0.3) is 0 Å². The van der Waals surface area contributed by atoms with Crippen molar-refractivity contribution in [3.8, 4) is 11.5 Å². The van der Waals surface area contributed by atoms with Gasteiger partial charge in [-0.25, -0.2) is 0 Å². The molecule has 1 aromatic carbocycles. The number of hydrogen-bond donors (Lipinski definition) is 2. The van der Waals surface area contributed by atoms with Gasteiger partial charge in [0.1, 0.15) is 11.5 Å². The third-order valence-electron chi connectivity index (χ3n) is 1.73. The summed E-state index contributed by atoms with van der Waals surface area (Å²) < 4.78 is 5.31. The van der Waals surface area contributed by atoms with Crippen molar-refractivity contribution in [1.29, 1.82) is 0 Å². The van der Waals surface area contributed by atoms with Gasteiger partial charge in [0.2, 0.25) is 0 Å². The zero-order chi connectivity index (χ0) is 9.68. The fraction of sp³-hybridized carbons (Fsp3) is 0.400. The molecule has 1 rings (SSSR count). The average molecular weight is 181 g/mol. The van der Waals surface area contributed by atoms with Crippen LogP contribution in [0.4, 0.5) is 0 Å². The van der Waals surface area contributed by atoms with Crippen LogP contribution in [-0.4, -0.2) is 18.8 Å². The molecule has 0 aliphatic heterocycles. The van der Waals surface area contributed by atoms with Crippen LogP contribution < -0.4 is 10.1 Å². The standard InChI is InChI=1S/C10H15NO2/c1-3-13-9-4-5-10(12)8(6-9)7-11-2/h4-6,11-12H,3,7H2,1-2H3. The lowest BCUT2D eigenvalue weighted by Crippen LogP contribution is -2.05. The summed E-state index contributed by atoms with van der Waals surface area (Å²) in [5.41, 5.74) is 0.855. The molecular formula is C10H15NO2. The van der Waals surface area contributed by atoms with E-state index in [1.165, 1.54) is 0 Å². The number of ether oxygens (including phenoxy) is 1. The highest BCUT2D eigenvalue weighted by Gasteiger charge is 2.01. The third kappa shape index (κ3) is 2.63. The van der Waals surface area contributed by atoms with Crippen LogP contribution in [0.2, 0.25) is 0 Å². The summed E-state index contributed by atoms with van der Waals surface area (Å²) in [6, 6.07) is 5.25. The second kappa shape index (κ2) is 4.72. The fourth-order valence-electron chi connectivity index (χ4n) is 1.15. The Morgan fingerprint density at radius 2 is 2.23 bits per heavy atom. The minimum Gasteiger partial charge on any atom is -0.508 e. The summed E-state index contributed by atoms with van der Waals surface area (Å²) in [6.07, 6.45) is 0. The third-order valence-corrected chi connectivity index (χ3v) is 1.73. The number of hydrogen-bond acceptors (Lipinski definition) is 3. The Morgan fingerprint density at radius 3 is 2.85 bits per heavy atom. The van der Waals surface area contributed by atoms with E-state index in [0.29, 0.717) is 18.9 Å². The Balaban J connectivity index is 2.83. The Morgan fingerprint density at radius 1 is 1.46 bits per heavy atom. The van der Waals surface area contributed by atoms with Crippen molar-refractivity contribution in [1.82, 2.24) is 5.32 Å². The molecular weight excluding hydrogens is 166 g/mol. The van der Waals surface area contributed by atoms with Gasteiger partial charge >= 0.3 is 0 Å². The van der Waals surface area contributed by atoms with Crippen LogP contribution in [0.25, 0.3) is 0 Å². The molecule has 0 fully saturated rings. The van der Waals surface area contributed by atoms with Gasteiger partial charge in [-0.05, 0) is 32.2 Å². The Kier molecular flexibility index (Phi) is 3.58. The van der Waals surface area contributed by atoms with E-state index in [0.717, 1.165) is 11.3 Å². The van der Waals surface area contributed by atoms with Gasteiger partial charge in [0.15, 0.2) is 0 Å². The minimum absolute atomic E-state index is 0.304. The van der Waals surface area contributed by atoms with Crippen molar-refractivity contribution in [2.75, 3.05) is 13.7 Å². The maximum absolute atomic E-state index is 9.44. The predicted molar refractivity (Wildman–Crippen MR) is 52.0 cm³/mol. The molecule has 0 aromatic heterocycles. The first-order valence-electron chi connectivity index (χ1n) is 4.37. The van der Waals surface area contributed by atoms with Gasteiger partial charge in [-0.2, -0.15) is 0 Å². The second-order valence-corrected chi connectivity index (χ2v) is 2.75. The number of benzene rings is 1. The molecule has 0 spiro atoms. The summed E-state index contributed by atoms with van der Waals surface area (Å²) in [7, 11) is 1.84. The van der Waals surface area contributed by atoms with Gasteiger partial charge in [-0.1, -0.05) is 0 Å². The lowest BCUT2D eigenvalue weighted by atomic mass is 10.2. The number of nitrogens with one attached hydrogen (secondary N) is 1. The Hall–Kier alpha value is -1.22. The van der Waals surface area contributed by atoms with E-state index >= 15 is 0 Å². The van der Waals surface area contributed by atoms with Crippen LogP contribution in [0.15, 0.2) is 18.2 Å². The molecule has 0 aliphatic carbocycles. The second-order valence-electron chi connectivity index (χ2n) is 2.75. The molecule has 72 valence electrons. The molecule has 0 atom stereocenters. The quantitative estimate of drug-likeness (QED) is 0.739. The molecule has 0 heterocycles. The van der Waals surface area contributed by atoms with E-state index in [-0.39, 0.29) is 0 Å². The number of phenols is 1. The van der Waals surface area contributed by atoms with Gasteiger partial charge in [-0.15, -0.1) is 0 Å². The van der Waals surface area contributed by atoms with Crippen molar-refractivity contribution >= 4 is 0 Å². The van der Waals surface area contributed by atoms with Crippen molar-refractivity contribution < 1.29 is 9.84 Å². The Labute approximate surface area is 78.3 Å². The van der Waals surface area contributed by atoms with E-state index in [9.17, 15) is 5.11 Å². The smallest absolute Gasteiger partial charge is 0.120 e. The molecule has 0 aliphatic rings. The van der Waals surface area contributed by atoms with E-state index < -0.39 is 0 Å². The molecule has 2 N–H and O–H groups in total. The zero-order valence-corrected chi connectivity index (χ0v) is 8.00. The Bertz CT molecular complexity index is 274. The molecule has 3 heteroatoms.